The van der Waals surface area contributed by atoms with Crippen molar-refractivity contribution in [3.05, 3.63) is 118 Å². The number of unbranched alkanes of at least 4 members (excludes halogenated alkanes) is 2. The Morgan fingerprint density at radius 1 is 0.781 bits per heavy atom. The van der Waals surface area contributed by atoms with E-state index in [1.165, 1.54) is 12.8 Å². The largest absolute Gasteiger partial charge is 0.380 e. The number of hydrogen-bond donors (Lipinski definition) is 1. The van der Waals surface area contributed by atoms with Crippen molar-refractivity contribution in [2.45, 2.75) is 44.6 Å². The van der Waals surface area contributed by atoms with E-state index in [0.29, 0.717) is 28.7 Å². The summed E-state index contributed by atoms with van der Waals surface area (Å²) in [5.41, 5.74) is 3.64. The molecule has 1 aliphatic rings. The molecule has 0 fully saturated rings. The summed E-state index contributed by atoms with van der Waals surface area (Å²) < 4.78 is 0. The van der Waals surface area contributed by atoms with E-state index < -0.39 is 5.60 Å². The molecule has 0 aromatic heterocycles. The number of hydrogen-bond acceptors (Lipinski definition) is 2. The highest BCUT2D eigenvalue weighted by Crippen LogP contribution is 2.43. The van der Waals surface area contributed by atoms with E-state index in [9.17, 15) is 9.90 Å². The molecule has 2 nitrogen and oxygen atoms in total. The van der Waals surface area contributed by atoms with E-state index in [2.05, 4.69) is 37.3 Å². The summed E-state index contributed by atoms with van der Waals surface area (Å²) in [6.45, 7) is 2.20. The van der Waals surface area contributed by atoms with Gasteiger partial charge in [-0.05, 0) is 51.9 Å². The van der Waals surface area contributed by atoms with Crippen LogP contribution in [0.15, 0.2) is 84.9 Å². The number of aliphatic hydroxyl groups is 1. The Labute approximate surface area is 189 Å². The fourth-order valence-electron chi connectivity index (χ4n) is 5.12. The lowest BCUT2D eigenvalue weighted by Gasteiger charge is -2.36. The zero-order valence-corrected chi connectivity index (χ0v) is 18.5. The SMILES string of the molecule is CCCCCc1ccc2c(c1)C(=O)c1ccccc1C2(O)Cc1cccc2ccccc12. The Morgan fingerprint density at radius 3 is 2.41 bits per heavy atom. The first-order chi connectivity index (χ1) is 15.6. The predicted molar refractivity (Wildman–Crippen MR) is 130 cm³/mol. The van der Waals surface area contributed by atoms with Gasteiger partial charge in [-0.2, -0.15) is 0 Å². The zero-order chi connectivity index (χ0) is 22.1. The molecule has 4 aromatic carbocycles. The summed E-state index contributed by atoms with van der Waals surface area (Å²) in [4.78, 5) is 13.4. The standard InChI is InChI=1S/C30H28O2/c1-2-3-4-10-21-17-18-28-26(19-21)29(31)25-15-7-8-16-27(25)30(28,32)20-23-13-9-12-22-11-5-6-14-24(22)23/h5-9,11-19,32H,2-4,10,20H2,1H3. The predicted octanol–water partition coefficient (Wildman–Crippen LogP) is 6.60. The van der Waals surface area contributed by atoms with Crippen molar-refractivity contribution in [3.8, 4) is 0 Å². The van der Waals surface area contributed by atoms with Crippen LogP contribution >= 0.6 is 0 Å². The normalized spacial score (nSPS) is 17.2. The van der Waals surface area contributed by atoms with Crippen LogP contribution < -0.4 is 0 Å². The number of aryl methyl sites for hydroxylation is 1. The summed E-state index contributed by atoms with van der Waals surface area (Å²) in [5, 5.41) is 14.5. The van der Waals surface area contributed by atoms with E-state index in [1.54, 1.807) is 0 Å². The van der Waals surface area contributed by atoms with Crippen molar-refractivity contribution in [2.24, 2.45) is 0 Å². The van der Waals surface area contributed by atoms with Gasteiger partial charge in [0.2, 0.25) is 0 Å². The molecule has 5 rings (SSSR count). The van der Waals surface area contributed by atoms with Crippen LogP contribution in [-0.2, 0) is 18.4 Å². The molecule has 0 saturated heterocycles. The fraction of sp³-hybridized carbons (Fsp3) is 0.233. The molecule has 1 aliphatic carbocycles. The molecule has 0 spiro atoms. The van der Waals surface area contributed by atoms with Gasteiger partial charge >= 0.3 is 0 Å². The second kappa shape index (κ2) is 8.37. The molecule has 1 atom stereocenters. The lowest BCUT2D eigenvalue weighted by atomic mass is 9.70. The highest BCUT2D eigenvalue weighted by molar-refractivity contribution is 6.13. The van der Waals surface area contributed by atoms with Gasteiger partial charge in [-0.3, -0.25) is 4.79 Å². The monoisotopic (exact) mass is 420 g/mol. The molecule has 4 aromatic rings. The van der Waals surface area contributed by atoms with Crippen LogP contribution in [0.25, 0.3) is 10.8 Å². The first-order valence-corrected chi connectivity index (χ1v) is 11.6. The molecular formula is C30H28O2. The highest BCUT2D eigenvalue weighted by atomic mass is 16.3. The minimum absolute atomic E-state index is 0.00976. The van der Waals surface area contributed by atoms with E-state index in [1.807, 2.05) is 54.6 Å². The molecule has 1 N–H and O–H groups in total. The number of ketones is 1. The zero-order valence-electron chi connectivity index (χ0n) is 18.5. The van der Waals surface area contributed by atoms with E-state index in [4.69, 9.17) is 0 Å². The average molecular weight is 421 g/mol. The van der Waals surface area contributed by atoms with Gasteiger partial charge in [-0.25, -0.2) is 0 Å². The Kier molecular flexibility index (Phi) is 5.40. The topological polar surface area (TPSA) is 37.3 Å². The third kappa shape index (κ3) is 3.45. The van der Waals surface area contributed by atoms with Gasteiger partial charge in [0.25, 0.3) is 0 Å². The van der Waals surface area contributed by atoms with Gasteiger partial charge in [-0.15, -0.1) is 0 Å². The Hall–Kier alpha value is -3.23. The summed E-state index contributed by atoms with van der Waals surface area (Å²) in [7, 11) is 0. The maximum absolute atomic E-state index is 13.4. The number of carbonyl (C=O) groups excluding carboxylic acids is 1. The second-order valence-electron chi connectivity index (χ2n) is 8.89. The molecule has 0 saturated carbocycles. The molecule has 32 heavy (non-hydrogen) atoms. The molecule has 0 amide bonds. The Morgan fingerprint density at radius 2 is 1.53 bits per heavy atom. The summed E-state index contributed by atoms with van der Waals surface area (Å²) >= 11 is 0. The Bertz CT molecular complexity index is 1300. The fourth-order valence-corrected chi connectivity index (χ4v) is 5.12. The lowest BCUT2D eigenvalue weighted by molar-refractivity contribution is 0.0723. The van der Waals surface area contributed by atoms with Crippen molar-refractivity contribution in [1.29, 1.82) is 0 Å². The second-order valence-corrected chi connectivity index (χ2v) is 8.89. The molecule has 0 radical (unpaired) electrons. The minimum Gasteiger partial charge on any atom is -0.380 e. The van der Waals surface area contributed by atoms with E-state index in [-0.39, 0.29) is 5.78 Å². The number of carbonyl (C=O) groups is 1. The van der Waals surface area contributed by atoms with Crippen molar-refractivity contribution in [3.63, 3.8) is 0 Å². The highest BCUT2D eigenvalue weighted by Gasteiger charge is 2.42. The molecular weight excluding hydrogens is 392 g/mol. The van der Waals surface area contributed by atoms with Crippen LogP contribution in [0.3, 0.4) is 0 Å². The van der Waals surface area contributed by atoms with E-state index >= 15 is 0 Å². The van der Waals surface area contributed by atoms with Crippen LogP contribution in [0, 0.1) is 0 Å². The van der Waals surface area contributed by atoms with Crippen LogP contribution in [0.1, 0.15) is 64.4 Å². The molecule has 2 heteroatoms. The summed E-state index contributed by atoms with van der Waals surface area (Å²) in [6, 6.07) is 28.1. The van der Waals surface area contributed by atoms with Crippen molar-refractivity contribution in [2.75, 3.05) is 0 Å². The minimum atomic E-state index is -1.26. The number of rotatable bonds is 6. The van der Waals surface area contributed by atoms with Gasteiger partial charge in [-0.1, -0.05) is 98.6 Å². The van der Waals surface area contributed by atoms with Crippen LogP contribution in [0.4, 0.5) is 0 Å². The lowest BCUT2D eigenvalue weighted by Crippen LogP contribution is -2.37. The molecule has 0 aliphatic heterocycles. The third-order valence-corrected chi connectivity index (χ3v) is 6.79. The summed E-state index contributed by atoms with van der Waals surface area (Å²) in [5.74, 6) is 0.00976. The third-order valence-electron chi connectivity index (χ3n) is 6.79. The van der Waals surface area contributed by atoms with Crippen molar-refractivity contribution >= 4 is 16.6 Å². The summed E-state index contributed by atoms with van der Waals surface area (Å²) in [6.07, 6.45) is 4.83. The number of benzene rings is 4. The first-order valence-electron chi connectivity index (χ1n) is 11.6. The van der Waals surface area contributed by atoms with Gasteiger partial charge in [0, 0.05) is 17.5 Å². The molecule has 160 valence electrons. The van der Waals surface area contributed by atoms with Crippen molar-refractivity contribution < 1.29 is 9.90 Å². The molecule has 0 bridgehead atoms. The first kappa shape index (κ1) is 20.7. The molecule has 1 unspecified atom stereocenters. The maximum atomic E-state index is 13.4. The average Bonchev–Trinajstić information content (AvgIpc) is 2.83. The van der Waals surface area contributed by atoms with Crippen LogP contribution in [0.5, 0.6) is 0 Å². The van der Waals surface area contributed by atoms with Gasteiger partial charge in [0.1, 0.15) is 5.60 Å². The van der Waals surface area contributed by atoms with Crippen LogP contribution in [-0.4, -0.2) is 10.9 Å². The quantitative estimate of drug-likeness (QED) is 0.357. The van der Waals surface area contributed by atoms with Crippen LogP contribution in [0.2, 0.25) is 0 Å². The van der Waals surface area contributed by atoms with Gasteiger partial charge in [0.05, 0.1) is 0 Å². The Balaban J connectivity index is 1.65. The van der Waals surface area contributed by atoms with Gasteiger partial charge < -0.3 is 5.11 Å². The van der Waals surface area contributed by atoms with Gasteiger partial charge in [0.15, 0.2) is 5.78 Å². The number of fused-ring (bicyclic) bond motifs is 3. The van der Waals surface area contributed by atoms with Crippen molar-refractivity contribution in [1.82, 2.24) is 0 Å². The smallest absolute Gasteiger partial charge is 0.193 e. The van der Waals surface area contributed by atoms with E-state index in [0.717, 1.165) is 34.7 Å². The molecule has 0 heterocycles. The maximum Gasteiger partial charge on any atom is 0.193 e.